The number of guanidine groups is 1. The van der Waals surface area contributed by atoms with Crippen molar-refractivity contribution < 1.29 is 17.9 Å². The predicted octanol–water partition coefficient (Wildman–Crippen LogP) is 0.437. The number of halogens is 1. The first-order valence-electron chi connectivity index (χ1n) is 8.74. The Hall–Kier alpha value is -0.170. The van der Waals surface area contributed by atoms with Crippen molar-refractivity contribution in [3.8, 4) is 0 Å². The molecule has 3 N–H and O–H groups in total. The molecule has 148 valence electrons. The summed E-state index contributed by atoms with van der Waals surface area (Å²) in [6.07, 6.45) is 5.43. The van der Waals surface area contributed by atoms with Gasteiger partial charge >= 0.3 is 0 Å². The van der Waals surface area contributed by atoms with Crippen LogP contribution < -0.4 is 15.4 Å². The lowest BCUT2D eigenvalue weighted by Gasteiger charge is -2.22. The fraction of sp³-hybridized carbons (Fsp3) is 0.933. The van der Waals surface area contributed by atoms with Crippen LogP contribution in [-0.4, -0.2) is 72.2 Å². The summed E-state index contributed by atoms with van der Waals surface area (Å²) in [5.41, 5.74) is 0. The molecule has 0 aromatic heterocycles. The summed E-state index contributed by atoms with van der Waals surface area (Å²) in [6.45, 7) is 2.87. The second-order valence-electron chi connectivity index (χ2n) is 6.17. The second-order valence-corrected chi connectivity index (χ2v) is 8.10. The highest BCUT2D eigenvalue weighted by Crippen LogP contribution is 2.12. The van der Waals surface area contributed by atoms with Crippen molar-refractivity contribution in [3.05, 3.63) is 0 Å². The molecule has 2 fully saturated rings. The molecule has 0 amide bonds. The molecule has 2 aliphatic heterocycles. The third-order valence-corrected chi connectivity index (χ3v) is 5.56. The maximum absolute atomic E-state index is 12.0. The van der Waals surface area contributed by atoms with Gasteiger partial charge in [0.15, 0.2) is 5.96 Å². The molecule has 0 spiro atoms. The third-order valence-electron chi connectivity index (χ3n) is 4.21. The van der Waals surface area contributed by atoms with E-state index in [-0.39, 0.29) is 41.9 Å². The molecule has 0 aromatic carbocycles. The van der Waals surface area contributed by atoms with Crippen molar-refractivity contribution in [1.82, 2.24) is 15.4 Å². The van der Waals surface area contributed by atoms with Crippen LogP contribution in [0.3, 0.4) is 0 Å². The zero-order chi connectivity index (χ0) is 17.3. The largest absolute Gasteiger partial charge is 0.377 e. The van der Waals surface area contributed by atoms with Gasteiger partial charge in [-0.2, -0.15) is 0 Å². The van der Waals surface area contributed by atoms with E-state index in [2.05, 4.69) is 20.3 Å². The number of ether oxygens (including phenoxy) is 2. The fourth-order valence-corrected chi connectivity index (χ4v) is 3.76. The van der Waals surface area contributed by atoms with Crippen LogP contribution >= 0.6 is 24.0 Å². The predicted molar refractivity (Wildman–Crippen MR) is 109 cm³/mol. The molecule has 2 rings (SSSR count). The Morgan fingerprint density at radius 3 is 2.36 bits per heavy atom. The SMILES string of the molecule is CN=C(NCCS(=O)(=O)NCC1CCCCO1)NCC1CCCO1.I. The van der Waals surface area contributed by atoms with Gasteiger partial charge in [-0.15, -0.1) is 24.0 Å². The van der Waals surface area contributed by atoms with E-state index < -0.39 is 10.0 Å². The number of aliphatic imine (C=N–C) groups is 1. The first-order chi connectivity index (χ1) is 11.6. The van der Waals surface area contributed by atoms with Crippen molar-refractivity contribution >= 4 is 40.0 Å². The quantitative estimate of drug-likeness (QED) is 0.259. The average Bonchev–Trinajstić information content (AvgIpc) is 3.10. The molecule has 8 nitrogen and oxygen atoms in total. The minimum Gasteiger partial charge on any atom is -0.377 e. The van der Waals surface area contributed by atoms with Crippen LogP contribution in [0, 0.1) is 0 Å². The van der Waals surface area contributed by atoms with Gasteiger partial charge in [-0.3, -0.25) is 4.99 Å². The molecule has 0 aromatic rings. The minimum atomic E-state index is -3.32. The molecule has 2 unspecified atom stereocenters. The molecule has 2 saturated heterocycles. The van der Waals surface area contributed by atoms with Crippen LogP contribution in [0.15, 0.2) is 4.99 Å². The van der Waals surface area contributed by atoms with Gasteiger partial charge < -0.3 is 20.1 Å². The zero-order valence-corrected chi connectivity index (χ0v) is 18.0. The molecule has 2 atom stereocenters. The average molecular weight is 490 g/mol. The summed E-state index contributed by atoms with van der Waals surface area (Å²) in [7, 11) is -1.65. The van der Waals surface area contributed by atoms with Crippen molar-refractivity contribution in [2.24, 2.45) is 4.99 Å². The summed E-state index contributed by atoms with van der Waals surface area (Å²) in [4.78, 5) is 4.09. The summed E-state index contributed by atoms with van der Waals surface area (Å²) in [5, 5.41) is 6.18. The van der Waals surface area contributed by atoms with Crippen molar-refractivity contribution in [2.45, 2.75) is 44.3 Å². The van der Waals surface area contributed by atoms with Crippen LogP contribution in [0.25, 0.3) is 0 Å². The Kier molecular flexibility index (Phi) is 11.2. The Balaban J connectivity index is 0.00000312. The monoisotopic (exact) mass is 490 g/mol. The molecule has 0 aliphatic carbocycles. The summed E-state index contributed by atoms with van der Waals surface area (Å²) < 4.78 is 37.7. The highest BCUT2D eigenvalue weighted by Gasteiger charge is 2.18. The van der Waals surface area contributed by atoms with Crippen LogP contribution in [-0.2, 0) is 19.5 Å². The number of sulfonamides is 1. The Morgan fingerprint density at radius 1 is 1.04 bits per heavy atom. The molecular weight excluding hydrogens is 459 g/mol. The van der Waals surface area contributed by atoms with Crippen molar-refractivity contribution in [1.29, 1.82) is 0 Å². The Morgan fingerprint density at radius 2 is 1.72 bits per heavy atom. The molecule has 0 bridgehead atoms. The molecule has 0 radical (unpaired) electrons. The topological polar surface area (TPSA) is 101 Å². The van der Waals surface area contributed by atoms with E-state index in [9.17, 15) is 8.42 Å². The number of hydrogen-bond donors (Lipinski definition) is 3. The van der Waals surface area contributed by atoms with Gasteiger partial charge in [0.2, 0.25) is 10.0 Å². The van der Waals surface area contributed by atoms with Gasteiger partial charge in [-0.05, 0) is 32.1 Å². The lowest BCUT2D eigenvalue weighted by atomic mass is 10.1. The highest BCUT2D eigenvalue weighted by atomic mass is 127. The lowest BCUT2D eigenvalue weighted by Crippen LogP contribution is -2.44. The van der Waals surface area contributed by atoms with E-state index in [1.54, 1.807) is 7.05 Å². The molecule has 0 saturated carbocycles. The van der Waals surface area contributed by atoms with Crippen LogP contribution in [0.5, 0.6) is 0 Å². The van der Waals surface area contributed by atoms with Crippen molar-refractivity contribution in [3.63, 3.8) is 0 Å². The summed E-state index contributed by atoms with van der Waals surface area (Å²) >= 11 is 0. The standard InChI is InChI=1S/C15H30N4O4S.HI/c1-16-15(18-11-13-6-4-9-23-13)17-7-10-24(20,21)19-12-14-5-2-3-8-22-14;/h13-14,19H,2-12H2,1H3,(H2,16,17,18);1H. The number of hydrogen-bond acceptors (Lipinski definition) is 5. The number of nitrogens with zero attached hydrogens (tertiary/aromatic N) is 1. The van der Waals surface area contributed by atoms with E-state index in [4.69, 9.17) is 9.47 Å². The highest BCUT2D eigenvalue weighted by molar-refractivity contribution is 14.0. The maximum Gasteiger partial charge on any atom is 0.213 e. The fourth-order valence-electron chi connectivity index (χ4n) is 2.80. The van der Waals surface area contributed by atoms with E-state index in [0.29, 0.717) is 25.6 Å². The molecule has 25 heavy (non-hydrogen) atoms. The molecular formula is C15H31IN4O4S. The lowest BCUT2D eigenvalue weighted by molar-refractivity contribution is 0.0200. The molecule has 2 heterocycles. The van der Waals surface area contributed by atoms with Crippen LogP contribution in [0.2, 0.25) is 0 Å². The van der Waals surface area contributed by atoms with Gasteiger partial charge in [0.25, 0.3) is 0 Å². The first-order valence-corrected chi connectivity index (χ1v) is 10.4. The van der Waals surface area contributed by atoms with E-state index in [1.165, 1.54) is 0 Å². The zero-order valence-electron chi connectivity index (χ0n) is 14.8. The van der Waals surface area contributed by atoms with E-state index in [0.717, 1.165) is 45.3 Å². The van der Waals surface area contributed by atoms with Crippen LogP contribution in [0.4, 0.5) is 0 Å². The molecule has 2 aliphatic rings. The Labute approximate surface area is 168 Å². The normalized spacial score (nSPS) is 24.6. The van der Waals surface area contributed by atoms with Gasteiger partial charge in [0, 0.05) is 39.9 Å². The van der Waals surface area contributed by atoms with Crippen LogP contribution in [0.1, 0.15) is 32.1 Å². The smallest absolute Gasteiger partial charge is 0.213 e. The maximum atomic E-state index is 12.0. The van der Waals surface area contributed by atoms with E-state index in [1.807, 2.05) is 0 Å². The Bertz CT molecular complexity index is 492. The van der Waals surface area contributed by atoms with E-state index >= 15 is 0 Å². The summed E-state index contributed by atoms with van der Waals surface area (Å²) in [5.74, 6) is 0.594. The first kappa shape index (κ1) is 22.9. The van der Waals surface area contributed by atoms with Gasteiger partial charge in [-0.25, -0.2) is 13.1 Å². The third kappa shape index (κ3) is 9.36. The van der Waals surface area contributed by atoms with Gasteiger partial charge in [-0.1, -0.05) is 0 Å². The number of rotatable bonds is 8. The van der Waals surface area contributed by atoms with Gasteiger partial charge in [0.1, 0.15) is 0 Å². The van der Waals surface area contributed by atoms with Crippen molar-refractivity contribution in [2.75, 3.05) is 45.6 Å². The number of nitrogens with one attached hydrogen (secondary N) is 3. The minimum absolute atomic E-state index is 0. The summed E-state index contributed by atoms with van der Waals surface area (Å²) in [6, 6.07) is 0. The van der Waals surface area contributed by atoms with Gasteiger partial charge in [0.05, 0.1) is 18.0 Å². The molecule has 10 heteroatoms. The second kappa shape index (κ2) is 12.3.